The summed E-state index contributed by atoms with van der Waals surface area (Å²) in [5.74, 6) is 7.81. The van der Waals surface area contributed by atoms with Gasteiger partial charge in [-0.15, -0.1) is 18.2 Å². The third-order valence-electron chi connectivity index (χ3n) is 9.66. The van der Waals surface area contributed by atoms with Gasteiger partial charge in [-0.25, -0.2) is 0 Å². The Bertz CT molecular complexity index is 2760. The molecule has 0 amide bonds. The van der Waals surface area contributed by atoms with Crippen LogP contribution in [0.2, 0.25) is 17.3 Å². The van der Waals surface area contributed by atoms with E-state index in [1.807, 2.05) is 42.6 Å². The van der Waals surface area contributed by atoms with Gasteiger partial charge in [0.2, 0.25) is 0 Å². The molecule has 0 unspecified atom stereocenters. The molecule has 0 fully saturated rings. The zero-order valence-electron chi connectivity index (χ0n) is 33.9. The van der Waals surface area contributed by atoms with Crippen LogP contribution in [0.4, 0.5) is 0 Å². The minimum Gasteiger partial charge on any atom is 0 e. The van der Waals surface area contributed by atoms with Gasteiger partial charge in [-0.3, -0.25) is 4.98 Å². The number of furan rings is 1. The largest absolute Gasteiger partial charge is 0 e. The first-order chi connectivity index (χ1) is 26.9. The second kappa shape index (κ2) is 15.4. The molecule has 0 bridgehead atoms. The standard InChI is InChI=1S/C33H23N2O.C15H18GeN.Ir/c1-21-19-24(23-11-4-3-5-12-23)20-22(2)31(21)35-29-17-8-7-16-28(29)34-33(35)27-15-10-14-26-25-13-6-9-18-30(25)36-32(26)27;1-12-5-7-13(8-6-12)15-10-9-14(11-17-15)16(2,3)4;/h3-14,16-20H,1-2H3;5-7,9-11H,1-4H3;/q2*-1;/i;1D3;. The summed E-state index contributed by atoms with van der Waals surface area (Å²) in [6.07, 6.45) is 1.95. The molecule has 0 spiro atoms. The number of rotatable bonds is 5. The molecule has 6 heteroatoms. The molecule has 9 rings (SSSR count). The SMILES string of the molecule is Cc1cc(-c2ccccc2)cc(C)c1-n1c(-c2[c-]ccc3c2oc2ccccc23)nc2ccccc21.[2H]C([2H])([2H])c1c[c-]c(-c2cc[c]([Ge]([CH3])([CH3])[CH3])cn2)cc1.[Ir]. The quantitative estimate of drug-likeness (QED) is 0.128. The second-order valence-corrected chi connectivity index (χ2v) is 25.1. The number of nitrogens with zero attached hydrogens (tertiary/aromatic N) is 3. The van der Waals surface area contributed by atoms with Gasteiger partial charge < -0.3 is 8.98 Å². The first-order valence-electron chi connectivity index (χ1n) is 19.3. The Balaban J connectivity index is 0.000000202. The number of benzene rings is 6. The summed E-state index contributed by atoms with van der Waals surface area (Å²) in [5.41, 5.74) is 12.5. The topological polar surface area (TPSA) is 43.9 Å². The van der Waals surface area contributed by atoms with Crippen LogP contribution >= 0.6 is 0 Å². The Labute approximate surface area is 337 Å². The number of para-hydroxylation sites is 3. The van der Waals surface area contributed by atoms with Gasteiger partial charge in [-0.05, 0) is 66.4 Å². The average molecular weight is 944 g/mol. The monoisotopic (exact) mass is 945 g/mol. The van der Waals surface area contributed by atoms with Crippen LogP contribution < -0.4 is 4.40 Å². The van der Waals surface area contributed by atoms with E-state index in [2.05, 4.69) is 132 Å². The number of pyridine rings is 1. The third kappa shape index (κ3) is 7.24. The molecule has 0 aliphatic rings. The van der Waals surface area contributed by atoms with Gasteiger partial charge in [0.25, 0.3) is 0 Å². The van der Waals surface area contributed by atoms with Crippen LogP contribution in [0.1, 0.15) is 20.8 Å². The van der Waals surface area contributed by atoms with Crippen molar-refractivity contribution in [2.24, 2.45) is 0 Å². The molecular weight excluding hydrogens is 899 g/mol. The molecule has 6 aromatic carbocycles. The van der Waals surface area contributed by atoms with Gasteiger partial charge in [-0.2, -0.15) is 0 Å². The van der Waals surface area contributed by atoms with Crippen LogP contribution in [0.25, 0.3) is 72.4 Å². The number of imidazole rings is 1. The number of aromatic nitrogens is 3. The summed E-state index contributed by atoms with van der Waals surface area (Å²) in [6.45, 7) is 2.28. The van der Waals surface area contributed by atoms with Crippen LogP contribution in [0.15, 0.2) is 144 Å². The van der Waals surface area contributed by atoms with E-state index in [0.29, 0.717) is 5.56 Å². The van der Waals surface area contributed by atoms with E-state index in [9.17, 15) is 0 Å². The van der Waals surface area contributed by atoms with Gasteiger partial charge in [0.15, 0.2) is 0 Å². The molecule has 0 saturated carbocycles. The summed E-state index contributed by atoms with van der Waals surface area (Å²) >= 11 is -1.83. The summed E-state index contributed by atoms with van der Waals surface area (Å²) in [4.78, 5) is 9.60. The minimum absolute atomic E-state index is 0. The molecule has 0 aliphatic carbocycles. The van der Waals surface area contributed by atoms with Crippen molar-refractivity contribution in [3.8, 4) is 39.5 Å². The van der Waals surface area contributed by atoms with E-state index in [1.54, 1.807) is 12.1 Å². The smallest absolute Gasteiger partial charge is 0 e. The van der Waals surface area contributed by atoms with Crippen molar-refractivity contribution in [2.45, 2.75) is 38.0 Å². The fourth-order valence-corrected chi connectivity index (χ4v) is 9.14. The Kier molecular flexibility index (Phi) is 9.52. The van der Waals surface area contributed by atoms with Crippen molar-refractivity contribution < 1.29 is 28.6 Å². The van der Waals surface area contributed by atoms with Crippen molar-refractivity contribution in [3.05, 3.63) is 168 Å². The normalized spacial score (nSPS) is 12.4. The first kappa shape index (κ1) is 33.5. The summed E-state index contributed by atoms with van der Waals surface area (Å²) in [5, 5.41) is 2.18. The maximum absolute atomic E-state index is 7.35. The molecule has 3 aromatic heterocycles. The van der Waals surface area contributed by atoms with Gasteiger partial charge >= 0.3 is 110 Å². The van der Waals surface area contributed by atoms with E-state index >= 15 is 0 Å². The molecule has 4 nitrogen and oxygen atoms in total. The summed E-state index contributed by atoms with van der Waals surface area (Å²) in [6, 6.07) is 51.1. The summed E-state index contributed by atoms with van der Waals surface area (Å²) in [7, 11) is 0. The molecule has 0 aliphatic heterocycles. The molecule has 269 valence electrons. The zero-order valence-corrected chi connectivity index (χ0v) is 35.4. The van der Waals surface area contributed by atoms with E-state index in [-0.39, 0.29) is 20.1 Å². The molecule has 9 aromatic rings. The van der Waals surface area contributed by atoms with Crippen LogP contribution in [0.3, 0.4) is 0 Å². The van der Waals surface area contributed by atoms with Gasteiger partial charge in [0.05, 0.1) is 22.4 Å². The number of aryl methyl sites for hydroxylation is 3. The van der Waals surface area contributed by atoms with Crippen LogP contribution in [0, 0.1) is 32.8 Å². The van der Waals surface area contributed by atoms with Crippen molar-refractivity contribution in [1.82, 2.24) is 14.5 Å². The Hall–Kier alpha value is -5.07. The Morgan fingerprint density at radius 3 is 2.19 bits per heavy atom. The van der Waals surface area contributed by atoms with Crippen molar-refractivity contribution in [3.63, 3.8) is 0 Å². The number of fused-ring (bicyclic) bond motifs is 4. The zero-order chi connectivity index (χ0) is 39.2. The molecule has 0 atom stereocenters. The van der Waals surface area contributed by atoms with E-state index in [0.717, 1.165) is 61.3 Å². The van der Waals surface area contributed by atoms with E-state index in [4.69, 9.17) is 13.5 Å². The van der Waals surface area contributed by atoms with E-state index in [1.165, 1.54) is 32.7 Å². The van der Waals surface area contributed by atoms with Crippen molar-refractivity contribution >= 4 is 50.6 Å². The van der Waals surface area contributed by atoms with Gasteiger partial charge in [0, 0.05) is 31.2 Å². The second-order valence-electron chi connectivity index (χ2n) is 14.5. The molecule has 0 N–H and O–H groups in total. The van der Waals surface area contributed by atoms with Gasteiger partial charge in [0.1, 0.15) is 5.58 Å². The fourth-order valence-electron chi connectivity index (χ4n) is 6.96. The summed E-state index contributed by atoms with van der Waals surface area (Å²) < 4.78 is 32.0. The number of hydrogen-bond donors (Lipinski definition) is 0. The Morgan fingerprint density at radius 2 is 1.48 bits per heavy atom. The number of hydrogen-bond acceptors (Lipinski definition) is 3. The predicted molar refractivity (Wildman–Crippen MR) is 224 cm³/mol. The maximum Gasteiger partial charge on any atom is 0 e. The minimum atomic E-state index is -2.08. The average Bonchev–Trinajstić information content (AvgIpc) is 3.77. The maximum atomic E-state index is 7.35. The van der Waals surface area contributed by atoms with E-state index < -0.39 is 20.1 Å². The Morgan fingerprint density at radius 1 is 0.741 bits per heavy atom. The predicted octanol–water partition coefficient (Wildman–Crippen LogP) is 12.1. The van der Waals surface area contributed by atoms with Crippen molar-refractivity contribution in [2.75, 3.05) is 0 Å². The molecular formula is C48H41GeIrN3O-2. The van der Waals surface area contributed by atoms with Crippen LogP contribution in [0.5, 0.6) is 0 Å². The fraction of sp³-hybridized carbons (Fsp3) is 0.125. The molecule has 3 heterocycles. The van der Waals surface area contributed by atoms with Crippen LogP contribution in [-0.2, 0) is 20.1 Å². The molecule has 54 heavy (non-hydrogen) atoms. The first-order valence-corrected chi connectivity index (χ1v) is 25.2. The van der Waals surface area contributed by atoms with Gasteiger partial charge in [-0.1, -0.05) is 71.6 Å². The molecule has 0 saturated heterocycles. The molecule has 1 radical (unpaired) electrons. The third-order valence-corrected chi connectivity index (χ3v) is 13.9. The van der Waals surface area contributed by atoms with Crippen molar-refractivity contribution in [1.29, 1.82) is 0 Å². The van der Waals surface area contributed by atoms with Crippen LogP contribution in [-0.4, -0.2) is 27.8 Å².